The first-order valence-corrected chi connectivity index (χ1v) is 5.85. The van der Waals surface area contributed by atoms with Gasteiger partial charge in [0.15, 0.2) is 0 Å². The molecule has 0 aliphatic heterocycles. The van der Waals surface area contributed by atoms with Crippen molar-refractivity contribution >= 4 is 11.8 Å². The molecule has 0 aromatic heterocycles. The highest BCUT2D eigenvalue weighted by molar-refractivity contribution is 7.98. The Morgan fingerprint density at radius 1 is 1.29 bits per heavy atom. The van der Waals surface area contributed by atoms with E-state index in [0.29, 0.717) is 0 Å². The van der Waals surface area contributed by atoms with Gasteiger partial charge in [-0.3, -0.25) is 0 Å². The van der Waals surface area contributed by atoms with E-state index in [1.807, 2.05) is 37.4 Å². The van der Waals surface area contributed by atoms with Crippen LogP contribution >= 0.6 is 11.8 Å². The van der Waals surface area contributed by atoms with Gasteiger partial charge < -0.3 is 9.84 Å². The lowest BCUT2D eigenvalue weighted by Gasteiger charge is -2.18. The van der Waals surface area contributed by atoms with E-state index < -0.39 is 6.10 Å². The van der Waals surface area contributed by atoms with Crippen LogP contribution in [0, 0.1) is 0 Å². The van der Waals surface area contributed by atoms with Gasteiger partial charge in [-0.1, -0.05) is 12.1 Å². The zero-order valence-corrected chi connectivity index (χ0v) is 9.54. The van der Waals surface area contributed by atoms with Gasteiger partial charge in [0.2, 0.25) is 0 Å². The van der Waals surface area contributed by atoms with E-state index in [-0.39, 0.29) is 6.10 Å². The average molecular weight is 212 g/mol. The predicted molar refractivity (Wildman–Crippen MR) is 60.0 cm³/mol. The minimum Gasteiger partial charge on any atom is -0.487 e. The Bertz CT molecular complexity index is 286. The second-order valence-electron chi connectivity index (χ2n) is 3.21. The molecule has 1 N–H and O–H groups in total. The van der Waals surface area contributed by atoms with E-state index in [4.69, 9.17) is 4.74 Å². The summed E-state index contributed by atoms with van der Waals surface area (Å²) in [6.07, 6.45) is 1.38. The standard InChI is InChI=1S/C11H16O2S/c1-8(12)9(2)13-10-6-4-5-7-11(10)14-3/h4-9,12H,1-3H3. The van der Waals surface area contributed by atoms with E-state index >= 15 is 0 Å². The second kappa shape index (κ2) is 5.27. The summed E-state index contributed by atoms with van der Waals surface area (Å²) in [5, 5.41) is 9.31. The van der Waals surface area contributed by atoms with Crippen molar-refractivity contribution in [2.45, 2.75) is 31.0 Å². The lowest BCUT2D eigenvalue weighted by atomic mass is 10.2. The number of benzene rings is 1. The van der Waals surface area contributed by atoms with Crippen molar-refractivity contribution in [3.63, 3.8) is 0 Å². The van der Waals surface area contributed by atoms with E-state index in [0.717, 1.165) is 10.6 Å². The molecule has 0 aliphatic carbocycles. The highest BCUT2D eigenvalue weighted by atomic mass is 32.2. The monoisotopic (exact) mass is 212 g/mol. The Balaban J connectivity index is 2.75. The van der Waals surface area contributed by atoms with Crippen molar-refractivity contribution in [2.75, 3.05) is 6.26 Å². The summed E-state index contributed by atoms with van der Waals surface area (Å²) in [4.78, 5) is 1.10. The zero-order valence-electron chi connectivity index (χ0n) is 8.73. The van der Waals surface area contributed by atoms with Gasteiger partial charge >= 0.3 is 0 Å². The Hall–Kier alpha value is -0.670. The smallest absolute Gasteiger partial charge is 0.133 e. The van der Waals surface area contributed by atoms with Gasteiger partial charge in [0.25, 0.3) is 0 Å². The molecule has 1 aromatic carbocycles. The Labute approximate surface area is 89.3 Å². The fourth-order valence-corrected chi connectivity index (χ4v) is 1.55. The minimum absolute atomic E-state index is 0.178. The van der Waals surface area contributed by atoms with Gasteiger partial charge in [-0.05, 0) is 32.2 Å². The summed E-state index contributed by atoms with van der Waals surface area (Å²) in [7, 11) is 0. The zero-order chi connectivity index (χ0) is 10.6. The van der Waals surface area contributed by atoms with Gasteiger partial charge in [0.1, 0.15) is 11.9 Å². The molecule has 1 rings (SSSR count). The molecule has 3 heteroatoms. The van der Waals surface area contributed by atoms with Crippen LogP contribution in [0.3, 0.4) is 0 Å². The van der Waals surface area contributed by atoms with Crippen LogP contribution in [-0.4, -0.2) is 23.6 Å². The number of para-hydroxylation sites is 1. The van der Waals surface area contributed by atoms with E-state index in [9.17, 15) is 5.11 Å². The fourth-order valence-electron chi connectivity index (χ4n) is 1.01. The molecule has 2 unspecified atom stereocenters. The predicted octanol–water partition coefficient (Wildman–Crippen LogP) is 2.56. The number of rotatable bonds is 4. The van der Waals surface area contributed by atoms with Gasteiger partial charge in [-0.25, -0.2) is 0 Å². The molecule has 2 nitrogen and oxygen atoms in total. The van der Waals surface area contributed by atoms with Crippen molar-refractivity contribution in [3.8, 4) is 5.75 Å². The van der Waals surface area contributed by atoms with Gasteiger partial charge in [0.05, 0.1) is 6.10 Å². The number of hydrogen-bond acceptors (Lipinski definition) is 3. The van der Waals surface area contributed by atoms with Crippen molar-refractivity contribution in [1.29, 1.82) is 0 Å². The molecule has 1 aromatic rings. The maximum atomic E-state index is 9.31. The molecule has 0 saturated heterocycles. The SMILES string of the molecule is CSc1ccccc1OC(C)C(C)O. The first kappa shape index (κ1) is 11.4. The number of thioether (sulfide) groups is 1. The number of aliphatic hydroxyl groups is 1. The van der Waals surface area contributed by atoms with Crippen molar-refractivity contribution in [1.82, 2.24) is 0 Å². The van der Waals surface area contributed by atoms with Crippen molar-refractivity contribution in [3.05, 3.63) is 24.3 Å². The van der Waals surface area contributed by atoms with E-state index in [1.165, 1.54) is 0 Å². The highest BCUT2D eigenvalue weighted by Gasteiger charge is 2.11. The van der Waals surface area contributed by atoms with Crippen LogP contribution in [-0.2, 0) is 0 Å². The molecule has 0 fully saturated rings. The molecule has 78 valence electrons. The molecule has 0 aliphatic rings. The van der Waals surface area contributed by atoms with Crippen LogP contribution < -0.4 is 4.74 Å². The second-order valence-corrected chi connectivity index (χ2v) is 4.06. The third kappa shape index (κ3) is 2.93. The molecule has 0 radical (unpaired) electrons. The van der Waals surface area contributed by atoms with Crippen LogP contribution in [0.1, 0.15) is 13.8 Å². The number of ether oxygens (including phenoxy) is 1. The molecule has 0 saturated carbocycles. The minimum atomic E-state index is -0.454. The van der Waals surface area contributed by atoms with Crippen LogP contribution in [0.25, 0.3) is 0 Å². The fraction of sp³-hybridized carbons (Fsp3) is 0.455. The summed E-state index contributed by atoms with van der Waals surface area (Å²) in [6.45, 7) is 3.59. The first-order valence-electron chi connectivity index (χ1n) is 4.63. The van der Waals surface area contributed by atoms with Crippen molar-refractivity contribution < 1.29 is 9.84 Å². The highest BCUT2D eigenvalue weighted by Crippen LogP contribution is 2.27. The summed E-state index contributed by atoms with van der Waals surface area (Å²) in [5.41, 5.74) is 0. The Morgan fingerprint density at radius 3 is 2.50 bits per heavy atom. The summed E-state index contributed by atoms with van der Waals surface area (Å²) in [5.74, 6) is 0.841. The lowest BCUT2D eigenvalue weighted by Crippen LogP contribution is -2.25. The third-order valence-corrected chi connectivity index (χ3v) is 2.84. The van der Waals surface area contributed by atoms with Crippen molar-refractivity contribution in [2.24, 2.45) is 0 Å². The largest absolute Gasteiger partial charge is 0.487 e. The molecule has 0 heterocycles. The van der Waals surface area contributed by atoms with Crippen LogP contribution in [0.2, 0.25) is 0 Å². The molecule has 0 amide bonds. The van der Waals surface area contributed by atoms with Gasteiger partial charge in [-0.2, -0.15) is 0 Å². The van der Waals surface area contributed by atoms with Gasteiger partial charge in [0, 0.05) is 4.90 Å². The summed E-state index contributed by atoms with van der Waals surface area (Å²) < 4.78 is 5.63. The van der Waals surface area contributed by atoms with Crippen LogP contribution in [0.5, 0.6) is 5.75 Å². The average Bonchev–Trinajstić information content (AvgIpc) is 2.18. The number of hydrogen-bond donors (Lipinski definition) is 1. The van der Waals surface area contributed by atoms with Gasteiger partial charge in [-0.15, -0.1) is 11.8 Å². The summed E-state index contributed by atoms with van der Waals surface area (Å²) >= 11 is 1.64. The molecular weight excluding hydrogens is 196 g/mol. The summed E-state index contributed by atoms with van der Waals surface area (Å²) in [6, 6.07) is 7.84. The molecular formula is C11H16O2S. The Kier molecular flexibility index (Phi) is 4.29. The lowest BCUT2D eigenvalue weighted by molar-refractivity contribution is 0.0587. The maximum Gasteiger partial charge on any atom is 0.133 e. The molecule has 0 bridgehead atoms. The maximum absolute atomic E-state index is 9.31. The third-order valence-electron chi connectivity index (χ3n) is 2.06. The van der Waals surface area contributed by atoms with E-state index in [1.54, 1.807) is 18.7 Å². The van der Waals surface area contributed by atoms with Crippen LogP contribution in [0.15, 0.2) is 29.2 Å². The normalized spacial score (nSPS) is 14.9. The molecule has 0 spiro atoms. The topological polar surface area (TPSA) is 29.5 Å². The number of aliphatic hydroxyl groups excluding tert-OH is 1. The quantitative estimate of drug-likeness (QED) is 0.778. The Morgan fingerprint density at radius 2 is 1.93 bits per heavy atom. The molecule has 14 heavy (non-hydrogen) atoms. The molecule has 2 atom stereocenters. The van der Waals surface area contributed by atoms with E-state index in [2.05, 4.69) is 0 Å². The van der Waals surface area contributed by atoms with Crippen LogP contribution in [0.4, 0.5) is 0 Å². The first-order chi connectivity index (χ1) is 6.65.